The molecule has 4 heteroatoms. The highest BCUT2D eigenvalue weighted by Crippen LogP contribution is 2.20. The lowest BCUT2D eigenvalue weighted by Crippen LogP contribution is -1.85. The van der Waals surface area contributed by atoms with E-state index in [1.165, 1.54) is 0 Å². The molecule has 54 valence electrons. The zero-order valence-electron chi connectivity index (χ0n) is 5.01. The molecular weight excluding hydrogens is 278 g/mol. The summed E-state index contributed by atoms with van der Waals surface area (Å²) in [6.07, 6.45) is 1.76. The first-order chi connectivity index (χ1) is 4.74. The van der Waals surface area contributed by atoms with E-state index in [1.807, 2.05) is 6.07 Å². The average molecular weight is 283 g/mol. The summed E-state index contributed by atoms with van der Waals surface area (Å²) in [6, 6.07) is 1.96. The van der Waals surface area contributed by atoms with Gasteiger partial charge in [0.05, 0.1) is 5.69 Å². The van der Waals surface area contributed by atoms with Crippen LogP contribution >= 0.6 is 44.5 Å². The molecule has 1 heterocycles. The Morgan fingerprint density at radius 2 is 2.20 bits per heavy atom. The first-order valence-corrected chi connectivity index (χ1v) is 4.86. The Kier molecular flexibility index (Phi) is 3.20. The maximum atomic E-state index is 4.13. The second-order valence-corrected chi connectivity index (χ2v) is 3.83. The van der Waals surface area contributed by atoms with Gasteiger partial charge in [0, 0.05) is 20.9 Å². The second kappa shape index (κ2) is 3.74. The summed E-state index contributed by atoms with van der Waals surface area (Å²) >= 11 is 10.8. The van der Waals surface area contributed by atoms with Crippen molar-refractivity contribution in [2.45, 2.75) is 5.75 Å². The molecule has 0 N–H and O–H groups in total. The third kappa shape index (κ3) is 1.97. The number of aromatic nitrogens is 1. The van der Waals surface area contributed by atoms with E-state index in [2.05, 4.69) is 49.5 Å². The SMILES string of the molecule is SCc1ncc(Br)cc1Br. The highest BCUT2D eigenvalue weighted by Gasteiger charge is 1.98. The lowest BCUT2D eigenvalue weighted by atomic mass is 10.4. The average Bonchev–Trinajstić information content (AvgIpc) is 1.88. The van der Waals surface area contributed by atoms with Gasteiger partial charge in [0.1, 0.15) is 0 Å². The fraction of sp³-hybridized carbons (Fsp3) is 0.167. The summed E-state index contributed by atoms with van der Waals surface area (Å²) < 4.78 is 1.97. The second-order valence-electron chi connectivity index (χ2n) is 1.74. The van der Waals surface area contributed by atoms with Crippen molar-refractivity contribution in [3.05, 3.63) is 26.9 Å². The molecule has 0 aromatic carbocycles. The molecule has 1 aromatic rings. The lowest BCUT2D eigenvalue weighted by Gasteiger charge is -1.98. The van der Waals surface area contributed by atoms with Crippen LogP contribution in [0.3, 0.4) is 0 Å². The number of hydrogen-bond donors (Lipinski definition) is 1. The van der Waals surface area contributed by atoms with Gasteiger partial charge in [0.2, 0.25) is 0 Å². The van der Waals surface area contributed by atoms with Crippen molar-refractivity contribution in [2.75, 3.05) is 0 Å². The molecule has 0 aliphatic carbocycles. The van der Waals surface area contributed by atoms with Gasteiger partial charge >= 0.3 is 0 Å². The molecule has 0 unspecified atom stereocenters. The molecule has 0 atom stereocenters. The number of rotatable bonds is 1. The van der Waals surface area contributed by atoms with Gasteiger partial charge in [-0.1, -0.05) is 0 Å². The van der Waals surface area contributed by atoms with Crippen LogP contribution < -0.4 is 0 Å². The van der Waals surface area contributed by atoms with Crippen LogP contribution in [-0.4, -0.2) is 4.98 Å². The van der Waals surface area contributed by atoms with E-state index in [9.17, 15) is 0 Å². The van der Waals surface area contributed by atoms with Crippen LogP contribution in [-0.2, 0) is 5.75 Å². The van der Waals surface area contributed by atoms with Gasteiger partial charge < -0.3 is 0 Å². The van der Waals surface area contributed by atoms with Gasteiger partial charge in [-0.15, -0.1) is 0 Å². The smallest absolute Gasteiger partial charge is 0.0642 e. The summed E-state index contributed by atoms with van der Waals surface area (Å²) in [5, 5.41) is 0. The Labute approximate surface area is 81.9 Å². The largest absolute Gasteiger partial charge is 0.258 e. The van der Waals surface area contributed by atoms with Gasteiger partial charge in [0.15, 0.2) is 0 Å². The maximum Gasteiger partial charge on any atom is 0.0642 e. The quantitative estimate of drug-likeness (QED) is 0.782. The Balaban J connectivity index is 3.07. The standard InChI is InChI=1S/C6H5Br2NS/c7-4-1-5(8)6(3-10)9-2-4/h1-2,10H,3H2. The van der Waals surface area contributed by atoms with Gasteiger partial charge in [-0.2, -0.15) is 12.6 Å². The summed E-state index contributed by atoms with van der Waals surface area (Å²) in [7, 11) is 0. The van der Waals surface area contributed by atoms with E-state index in [0.29, 0.717) is 5.75 Å². The summed E-state index contributed by atoms with van der Waals surface area (Å²) in [5.74, 6) is 0.661. The van der Waals surface area contributed by atoms with Crippen LogP contribution in [0.5, 0.6) is 0 Å². The molecule has 0 fully saturated rings. The Morgan fingerprint density at radius 1 is 1.50 bits per heavy atom. The van der Waals surface area contributed by atoms with Crippen LogP contribution in [0.2, 0.25) is 0 Å². The lowest BCUT2D eigenvalue weighted by molar-refractivity contribution is 1.15. The van der Waals surface area contributed by atoms with Crippen molar-refractivity contribution in [3.63, 3.8) is 0 Å². The van der Waals surface area contributed by atoms with Gasteiger partial charge in [0.25, 0.3) is 0 Å². The molecule has 0 amide bonds. The Morgan fingerprint density at radius 3 is 2.70 bits per heavy atom. The first kappa shape index (κ1) is 8.56. The highest BCUT2D eigenvalue weighted by molar-refractivity contribution is 9.11. The normalized spacial score (nSPS) is 9.90. The molecule has 0 aliphatic rings. The molecule has 0 saturated heterocycles. The fourth-order valence-electron chi connectivity index (χ4n) is 0.559. The minimum Gasteiger partial charge on any atom is -0.258 e. The number of hydrogen-bond acceptors (Lipinski definition) is 2. The first-order valence-electron chi connectivity index (χ1n) is 2.65. The summed E-state index contributed by atoms with van der Waals surface area (Å²) in [4.78, 5) is 4.13. The highest BCUT2D eigenvalue weighted by atomic mass is 79.9. The third-order valence-corrected chi connectivity index (χ3v) is 2.45. The minimum atomic E-state index is 0.661. The summed E-state index contributed by atoms with van der Waals surface area (Å²) in [6.45, 7) is 0. The molecule has 1 nitrogen and oxygen atoms in total. The van der Waals surface area contributed by atoms with Crippen molar-refractivity contribution >= 4 is 44.5 Å². The minimum absolute atomic E-state index is 0.661. The van der Waals surface area contributed by atoms with E-state index in [4.69, 9.17) is 0 Å². The molecule has 1 rings (SSSR count). The van der Waals surface area contributed by atoms with Crippen LogP contribution in [0.25, 0.3) is 0 Å². The Bertz CT molecular complexity index is 239. The number of halogens is 2. The number of nitrogens with zero attached hydrogens (tertiary/aromatic N) is 1. The van der Waals surface area contributed by atoms with E-state index in [-0.39, 0.29) is 0 Å². The molecule has 0 bridgehead atoms. The van der Waals surface area contributed by atoms with E-state index >= 15 is 0 Å². The zero-order chi connectivity index (χ0) is 7.56. The van der Waals surface area contributed by atoms with Crippen molar-refractivity contribution in [3.8, 4) is 0 Å². The van der Waals surface area contributed by atoms with Crippen molar-refractivity contribution in [2.24, 2.45) is 0 Å². The van der Waals surface area contributed by atoms with E-state index in [1.54, 1.807) is 6.20 Å². The van der Waals surface area contributed by atoms with Crippen LogP contribution in [0, 0.1) is 0 Å². The monoisotopic (exact) mass is 281 g/mol. The molecule has 0 aliphatic heterocycles. The summed E-state index contributed by atoms with van der Waals surface area (Å²) in [5.41, 5.74) is 0.964. The van der Waals surface area contributed by atoms with Crippen molar-refractivity contribution in [1.29, 1.82) is 0 Å². The molecule has 0 saturated carbocycles. The van der Waals surface area contributed by atoms with Gasteiger partial charge in [-0.05, 0) is 37.9 Å². The predicted molar refractivity (Wildman–Crippen MR) is 52.3 cm³/mol. The topological polar surface area (TPSA) is 12.9 Å². The van der Waals surface area contributed by atoms with Gasteiger partial charge in [-0.3, -0.25) is 4.98 Å². The number of thiol groups is 1. The molecular formula is C6H5Br2NS. The van der Waals surface area contributed by atoms with Crippen LogP contribution in [0.4, 0.5) is 0 Å². The van der Waals surface area contributed by atoms with E-state index < -0.39 is 0 Å². The molecule has 0 radical (unpaired) electrons. The maximum absolute atomic E-state index is 4.13. The molecule has 1 aromatic heterocycles. The van der Waals surface area contributed by atoms with E-state index in [0.717, 1.165) is 14.6 Å². The zero-order valence-corrected chi connectivity index (χ0v) is 9.08. The third-order valence-electron chi connectivity index (χ3n) is 1.03. The van der Waals surface area contributed by atoms with Crippen LogP contribution in [0.1, 0.15) is 5.69 Å². The predicted octanol–water partition coefficient (Wildman–Crippen LogP) is 3.04. The van der Waals surface area contributed by atoms with Crippen molar-refractivity contribution in [1.82, 2.24) is 4.98 Å². The van der Waals surface area contributed by atoms with Crippen LogP contribution in [0.15, 0.2) is 21.2 Å². The fourth-order valence-corrected chi connectivity index (χ4v) is 2.16. The molecule has 10 heavy (non-hydrogen) atoms. The van der Waals surface area contributed by atoms with Crippen molar-refractivity contribution < 1.29 is 0 Å². The molecule has 0 spiro atoms. The van der Waals surface area contributed by atoms with Gasteiger partial charge in [-0.25, -0.2) is 0 Å². The Hall–Kier alpha value is 0.460. The number of pyridine rings is 1.